The largest absolute Gasteiger partial charge is 2.00 e. The van der Waals surface area contributed by atoms with Gasteiger partial charge in [-0.05, 0) is 0 Å². The molecule has 0 aromatic heterocycles. The Bertz CT molecular complexity index is 43.5. The molecule has 0 heterocycles. The summed E-state index contributed by atoms with van der Waals surface area (Å²) in [7, 11) is -3.13. The number of hydrogen-bond acceptors (Lipinski definition) is 1. The molecule has 0 aromatic rings. The van der Waals surface area contributed by atoms with Crippen molar-refractivity contribution in [1.82, 2.24) is 0 Å². The van der Waals surface area contributed by atoms with Gasteiger partial charge < -0.3 is 15.3 Å². The number of rotatable bonds is 0. The molecule has 0 fully saturated rings. The van der Waals surface area contributed by atoms with Crippen molar-refractivity contribution in [2.24, 2.45) is 0 Å². The molecule has 0 aliphatic carbocycles. The first-order valence-electron chi connectivity index (χ1n) is 0.651. The smallest absolute Gasteiger partial charge is 1.00 e. The van der Waals surface area contributed by atoms with Crippen LogP contribution in [0.3, 0.4) is 0 Å². The zero-order valence-corrected chi connectivity index (χ0v) is 10.1. The summed E-state index contributed by atoms with van der Waals surface area (Å²) in [6, 6.07) is 0. The van der Waals surface area contributed by atoms with E-state index in [9.17, 15) is 0 Å². The van der Waals surface area contributed by atoms with Gasteiger partial charge in [0.1, 0.15) is 0 Å². The summed E-state index contributed by atoms with van der Waals surface area (Å²) in [5.41, 5.74) is 0. The van der Waals surface area contributed by atoms with Crippen LogP contribution in [0.2, 0.25) is 0 Å². The second kappa shape index (κ2) is 10.0. The predicted molar refractivity (Wildman–Crippen MR) is 26.8 cm³/mol. The van der Waals surface area contributed by atoms with Crippen molar-refractivity contribution in [3.8, 4) is 0 Å². The molecule has 0 rings (SSSR count). The van der Waals surface area contributed by atoms with Crippen molar-refractivity contribution in [2.45, 2.75) is 0 Å². The molecule has 6 heteroatoms. The molecule has 0 saturated heterocycles. The first-order valence-corrected chi connectivity index (χ1v) is 1.95. The van der Waals surface area contributed by atoms with E-state index in [2.05, 4.69) is 0 Å². The molecular formula is H6BaMgO3Si. The van der Waals surface area contributed by atoms with E-state index in [1.807, 2.05) is 0 Å². The van der Waals surface area contributed by atoms with Crippen molar-refractivity contribution in [2.75, 3.05) is 0 Å². The van der Waals surface area contributed by atoms with Crippen LogP contribution in [0.25, 0.3) is 0 Å². The van der Waals surface area contributed by atoms with Crippen molar-refractivity contribution < 1.29 is 19.8 Å². The molecule has 0 aliphatic heterocycles. The summed E-state index contributed by atoms with van der Waals surface area (Å²) in [5.74, 6) is 0. The van der Waals surface area contributed by atoms with Gasteiger partial charge >= 0.3 is 81.1 Å². The van der Waals surface area contributed by atoms with E-state index >= 15 is 0 Å². The monoisotopic (exact) mass is 244 g/mol. The molecule has 0 radical (unpaired) electrons. The van der Waals surface area contributed by atoms with Crippen LogP contribution in [0, 0.1) is 0 Å². The molecule has 2 N–H and O–H groups in total. The summed E-state index contributed by atoms with van der Waals surface area (Å²) in [6.45, 7) is 0. The molecule has 0 atom stereocenters. The van der Waals surface area contributed by atoms with E-state index < -0.39 is 9.17 Å². The van der Waals surface area contributed by atoms with Gasteiger partial charge in [0.25, 0.3) is 0 Å². The average Bonchev–Trinajstić information content (AvgIpc) is 0.811. The first kappa shape index (κ1) is 15.7. The molecule has 0 aromatic carbocycles. The van der Waals surface area contributed by atoms with Crippen LogP contribution in [0.5, 0.6) is 0 Å². The van der Waals surface area contributed by atoms with E-state index in [1.165, 1.54) is 0 Å². The van der Waals surface area contributed by atoms with Crippen molar-refractivity contribution in [1.29, 1.82) is 0 Å². The van der Waals surface area contributed by atoms with E-state index in [0.717, 1.165) is 0 Å². The predicted octanol–water partition coefficient (Wildman–Crippen LogP) is -1.93. The van der Waals surface area contributed by atoms with E-state index in [-0.39, 0.29) is 77.6 Å². The fraction of sp³-hybridized carbons (Fsp3) is 0. The minimum Gasteiger partial charge on any atom is -1.00 e. The van der Waals surface area contributed by atoms with Gasteiger partial charge in [-0.1, -0.05) is 0 Å². The Morgan fingerprint density at radius 3 is 1.50 bits per heavy atom. The van der Waals surface area contributed by atoms with Gasteiger partial charge in [-0.25, -0.2) is 0 Å². The molecule has 0 saturated carbocycles. The van der Waals surface area contributed by atoms with Gasteiger partial charge in [0.15, 0.2) is 0 Å². The Hall–Kier alpha value is 1.95. The third kappa shape index (κ3) is 38.3. The van der Waals surface area contributed by atoms with Gasteiger partial charge in [0.05, 0.1) is 0 Å². The van der Waals surface area contributed by atoms with Crippen LogP contribution in [0.4, 0.5) is 0 Å². The van der Waals surface area contributed by atoms with Crippen LogP contribution < -0.4 is 0 Å². The normalized spacial score (nSPS) is 4.00. The third-order valence-electron chi connectivity index (χ3n) is 0. The van der Waals surface area contributed by atoms with E-state index in [4.69, 9.17) is 14.1 Å². The summed E-state index contributed by atoms with van der Waals surface area (Å²) in [6.07, 6.45) is 0. The zero-order chi connectivity index (χ0) is 3.58. The number of hydrogen-bond donors (Lipinski definition) is 2. The topological polar surface area (TPSA) is 57.5 Å². The molecular weight excluding hydrogens is 238 g/mol. The first-order chi connectivity index (χ1) is 1.73. The molecule has 0 aliphatic rings. The van der Waals surface area contributed by atoms with Crippen molar-refractivity contribution >= 4 is 81.1 Å². The molecule has 0 spiro atoms. The Labute approximate surface area is 99.2 Å². The Morgan fingerprint density at radius 1 is 1.50 bits per heavy atom. The van der Waals surface area contributed by atoms with Crippen LogP contribution in [-0.2, 0) is 4.46 Å². The quantitative estimate of drug-likeness (QED) is 0.488. The van der Waals surface area contributed by atoms with Crippen molar-refractivity contribution in [3.05, 3.63) is 0 Å². The summed E-state index contributed by atoms with van der Waals surface area (Å²) in [4.78, 5) is 14.3. The third-order valence-corrected chi connectivity index (χ3v) is 0. The zero-order valence-electron chi connectivity index (χ0n) is 7.22. The summed E-state index contributed by atoms with van der Waals surface area (Å²) in [5, 5.41) is 0. The van der Waals surface area contributed by atoms with Crippen LogP contribution in [-0.4, -0.2) is 90.7 Å². The maximum atomic E-state index is 8.74. The Kier molecular flexibility index (Phi) is 26.2. The van der Waals surface area contributed by atoms with Crippen LogP contribution in [0.15, 0.2) is 0 Å². The molecule has 32 valence electrons. The van der Waals surface area contributed by atoms with E-state index in [1.54, 1.807) is 0 Å². The maximum absolute atomic E-state index is 8.74. The molecule has 0 bridgehead atoms. The van der Waals surface area contributed by atoms with E-state index in [0.29, 0.717) is 0 Å². The summed E-state index contributed by atoms with van der Waals surface area (Å²) < 4.78 is 8.74. The fourth-order valence-corrected chi connectivity index (χ4v) is 0. The van der Waals surface area contributed by atoms with Crippen LogP contribution >= 0.6 is 0 Å². The van der Waals surface area contributed by atoms with Gasteiger partial charge in [-0.3, -0.25) is 4.46 Å². The molecule has 3 nitrogen and oxygen atoms in total. The molecule has 0 amide bonds. The second-order valence-corrected chi connectivity index (χ2v) is 0.848. The van der Waals surface area contributed by atoms with Gasteiger partial charge in [-0.2, -0.15) is 0 Å². The standard InChI is InChI=1S/Ba.Mg.H2O3Si.4H/c;;1-4(2)3;;;;/h;;1-2H;;;;/q2*+2;;4*-1. The second-order valence-electron chi connectivity index (χ2n) is 0.283. The van der Waals surface area contributed by atoms with Gasteiger partial charge in [0, 0.05) is 0 Å². The molecule has 6 heavy (non-hydrogen) atoms. The van der Waals surface area contributed by atoms with Gasteiger partial charge in [-0.15, -0.1) is 0 Å². The fourth-order valence-electron chi connectivity index (χ4n) is 0. The Balaban J connectivity index is -0.00000000300. The minimum atomic E-state index is -3.13. The van der Waals surface area contributed by atoms with Crippen molar-refractivity contribution in [3.63, 3.8) is 0 Å². The van der Waals surface area contributed by atoms with Gasteiger partial charge in [0.2, 0.25) is 0 Å². The van der Waals surface area contributed by atoms with Crippen LogP contribution in [0.1, 0.15) is 5.71 Å². The molecule has 0 unspecified atom stereocenters. The minimum absolute atomic E-state index is 0. The SMILES string of the molecule is O=[Si](O)O.[Ba+2].[H-].[H-].[H-].[H-].[Mg+2]. The average molecular weight is 244 g/mol. The Morgan fingerprint density at radius 2 is 1.50 bits per heavy atom. The summed E-state index contributed by atoms with van der Waals surface area (Å²) >= 11 is 0. The maximum Gasteiger partial charge on any atom is 2.00 e.